The maximum Gasteiger partial charge on any atom is 0.313 e. The van der Waals surface area contributed by atoms with Crippen molar-refractivity contribution in [1.29, 1.82) is 0 Å². The molecule has 4 heterocycles. The Morgan fingerprint density at radius 1 is 1.00 bits per heavy atom. The van der Waals surface area contributed by atoms with Crippen molar-refractivity contribution in [3.05, 3.63) is 89.5 Å². The SMILES string of the molecule is CC[C@@H](CO)N1C(=O)[C@@H]2[C@H]3C(=O)O[C@@H](c4ccccc4)CNC(=O)CC/C=C\CN(c4c(C)cccc4C)C(=O)[C@@H]1[C@]21C=C[C@H]3O1. The van der Waals surface area contributed by atoms with Crippen LogP contribution in [-0.2, 0) is 28.7 Å². The number of hydrogen-bond donors (Lipinski definition) is 2. The summed E-state index contributed by atoms with van der Waals surface area (Å²) in [4.78, 5) is 59.5. The molecule has 3 amide bonds. The van der Waals surface area contributed by atoms with Gasteiger partial charge in [-0.3, -0.25) is 19.2 Å². The number of fused-ring (bicyclic) bond motifs is 2. The zero-order chi connectivity index (χ0) is 32.6. The zero-order valence-electron chi connectivity index (χ0n) is 26.4. The van der Waals surface area contributed by atoms with E-state index in [1.54, 1.807) is 17.1 Å². The highest BCUT2D eigenvalue weighted by Gasteiger charge is 2.74. The number of para-hydroxylation sites is 1. The Labute approximate surface area is 269 Å². The van der Waals surface area contributed by atoms with Gasteiger partial charge in [-0.15, -0.1) is 0 Å². The number of benzene rings is 2. The average molecular weight is 628 g/mol. The molecule has 2 saturated heterocycles. The fourth-order valence-electron chi connectivity index (χ4n) is 7.56. The summed E-state index contributed by atoms with van der Waals surface area (Å²) in [6.07, 6.45) is 6.73. The number of allylic oxidation sites excluding steroid dienone is 1. The molecule has 6 rings (SSSR count). The van der Waals surface area contributed by atoms with Gasteiger partial charge in [-0.25, -0.2) is 0 Å². The molecule has 46 heavy (non-hydrogen) atoms. The van der Waals surface area contributed by atoms with Crippen molar-refractivity contribution < 1.29 is 33.8 Å². The van der Waals surface area contributed by atoms with Gasteiger partial charge in [0.15, 0.2) is 0 Å². The summed E-state index contributed by atoms with van der Waals surface area (Å²) in [6.45, 7) is 5.61. The van der Waals surface area contributed by atoms with Crippen LogP contribution in [0, 0.1) is 25.7 Å². The van der Waals surface area contributed by atoms with E-state index in [4.69, 9.17) is 9.47 Å². The highest BCUT2D eigenvalue weighted by Crippen LogP contribution is 2.56. The van der Waals surface area contributed by atoms with Gasteiger partial charge in [0, 0.05) is 18.7 Å². The van der Waals surface area contributed by atoms with Gasteiger partial charge in [-0.1, -0.05) is 79.8 Å². The largest absolute Gasteiger partial charge is 0.455 e. The van der Waals surface area contributed by atoms with E-state index in [1.807, 2.05) is 81.5 Å². The maximum atomic E-state index is 15.0. The maximum absolute atomic E-state index is 15.0. The number of likely N-dealkylation sites (tertiary alicyclic amines) is 1. The minimum Gasteiger partial charge on any atom is -0.455 e. The van der Waals surface area contributed by atoms with Crippen molar-refractivity contribution in [3.63, 3.8) is 0 Å². The molecule has 1 spiro atoms. The van der Waals surface area contributed by atoms with E-state index in [-0.39, 0.29) is 37.9 Å². The number of aryl methyl sites for hydroxylation is 2. The molecule has 2 aromatic rings. The lowest BCUT2D eigenvalue weighted by molar-refractivity contribution is -0.160. The molecule has 0 unspecified atom stereocenters. The topological polar surface area (TPSA) is 125 Å². The van der Waals surface area contributed by atoms with Gasteiger partial charge in [-0.2, -0.15) is 0 Å². The number of carbonyl (C=O) groups is 4. The molecule has 242 valence electrons. The van der Waals surface area contributed by atoms with Gasteiger partial charge >= 0.3 is 5.97 Å². The Hall–Kier alpha value is -4.28. The van der Waals surface area contributed by atoms with Gasteiger partial charge in [0.05, 0.1) is 31.2 Å². The van der Waals surface area contributed by atoms with Crippen molar-refractivity contribution in [2.24, 2.45) is 11.8 Å². The number of ether oxygens (including phenoxy) is 2. The lowest BCUT2D eigenvalue weighted by atomic mass is 9.74. The fraction of sp³-hybridized carbons (Fsp3) is 0.444. The second kappa shape index (κ2) is 12.8. The van der Waals surface area contributed by atoms with Gasteiger partial charge in [-0.05, 0) is 43.4 Å². The fourth-order valence-corrected chi connectivity index (χ4v) is 7.56. The summed E-state index contributed by atoms with van der Waals surface area (Å²) in [5, 5.41) is 13.3. The first-order chi connectivity index (χ1) is 22.2. The highest BCUT2D eigenvalue weighted by molar-refractivity contribution is 6.06. The summed E-state index contributed by atoms with van der Waals surface area (Å²) in [5.41, 5.74) is 1.76. The molecule has 0 aromatic heterocycles. The predicted octanol–water partition coefficient (Wildman–Crippen LogP) is 3.31. The second-order valence-electron chi connectivity index (χ2n) is 12.5. The minimum atomic E-state index is -1.42. The normalized spacial score (nSPS) is 31.1. The third-order valence-corrected chi connectivity index (χ3v) is 9.78. The molecule has 2 aromatic carbocycles. The molecule has 7 atom stereocenters. The van der Waals surface area contributed by atoms with Crippen molar-refractivity contribution >= 4 is 29.4 Å². The molecule has 10 heteroatoms. The first kappa shape index (κ1) is 31.7. The van der Waals surface area contributed by atoms with Crippen LogP contribution >= 0.6 is 0 Å². The van der Waals surface area contributed by atoms with Gasteiger partial charge in [0.2, 0.25) is 11.8 Å². The van der Waals surface area contributed by atoms with Crippen LogP contribution in [0.3, 0.4) is 0 Å². The van der Waals surface area contributed by atoms with E-state index < -0.39 is 53.6 Å². The number of rotatable bonds is 5. The van der Waals surface area contributed by atoms with Crippen LogP contribution in [0.25, 0.3) is 0 Å². The number of amides is 3. The predicted molar refractivity (Wildman–Crippen MR) is 170 cm³/mol. The number of hydrogen-bond acceptors (Lipinski definition) is 7. The molecule has 0 radical (unpaired) electrons. The van der Waals surface area contributed by atoms with Crippen molar-refractivity contribution in [2.75, 3.05) is 24.6 Å². The van der Waals surface area contributed by atoms with Crippen LogP contribution in [0.4, 0.5) is 5.69 Å². The smallest absolute Gasteiger partial charge is 0.313 e. The van der Waals surface area contributed by atoms with Crippen molar-refractivity contribution in [3.8, 4) is 0 Å². The first-order valence-corrected chi connectivity index (χ1v) is 16.1. The summed E-state index contributed by atoms with van der Waals surface area (Å²) in [6, 6.07) is 13.1. The lowest BCUT2D eigenvalue weighted by Gasteiger charge is -2.39. The van der Waals surface area contributed by atoms with Crippen LogP contribution in [0.2, 0.25) is 0 Å². The van der Waals surface area contributed by atoms with Gasteiger partial charge < -0.3 is 29.7 Å². The number of aliphatic hydroxyl groups excluding tert-OH is 1. The number of nitrogens with one attached hydrogen (secondary N) is 1. The van der Waals surface area contributed by atoms with Crippen LogP contribution in [0.1, 0.15) is 49.0 Å². The number of aliphatic hydroxyl groups is 1. The van der Waals surface area contributed by atoms with Crippen LogP contribution in [0.15, 0.2) is 72.8 Å². The number of nitrogens with zero attached hydrogens (tertiary/aromatic N) is 2. The quantitative estimate of drug-likeness (QED) is 0.385. The van der Waals surface area contributed by atoms with Crippen LogP contribution in [0.5, 0.6) is 0 Å². The monoisotopic (exact) mass is 627 g/mol. The zero-order valence-corrected chi connectivity index (χ0v) is 26.4. The molecular formula is C36H41N3O7. The highest BCUT2D eigenvalue weighted by atomic mass is 16.6. The number of anilines is 1. The minimum absolute atomic E-state index is 0.0616. The third-order valence-electron chi connectivity index (χ3n) is 9.78. The van der Waals surface area contributed by atoms with Gasteiger partial charge in [0.25, 0.3) is 5.91 Å². The van der Waals surface area contributed by atoms with E-state index in [9.17, 15) is 19.5 Å². The lowest BCUT2D eigenvalue weighted by Crippen LogP contribution is -2.58. The first-order valence-electron chi connectivity index (χ1n) is 16.1. The Bertz CT molecular complexity index is 1550. The number of carbonyl (C=O) groups excluding carboxylic acids is 4. The summed E-state index contributed by atoms with van der Waals surface area (Å²) in [5.74, 6) is -3.66. The summed E-state index contributed by atoms with van der Waals surface area (Å²) in [7, 11) is 0. The third kappa shape index (κ3) is 5.33. The molecule has 0 saturated carbocycles. The molecule has 4 aliphatic heterocycles. The Balaban J connectivity index is 1.47. The van der Waals surface area contributed by atoms with Crippen LogP contribution < -0.4 is 10.2 Å². The Kier molecular flexibility index (Phi) is 8.85. The van der Waals surface area contributed by atoms with Crippen LogP contribution in [-0.4, -0.2) is 77.2 Å². The van der Waals surface area contributed by atoms with Crippen molar-refractivity contribution in [1.82, 2.24) is 10.2 Å². The van der Waals surface area contributed by atoms with Crippen molar-refractivity contribution in [2.45, 2.75) is 69.9 Å². The standard InChI is InChI=1S/C36H41N3O7/c1-4-25(21-40)39-32-34(43)38(31-22(2)12-11-13-23(31)3)19-10-6-9-16-28(41)37-20-27(24-14-7-5-8-15-24)45-35(44)29-26-17-18-36(32,46-26)30(29)33(39)42/h5-8,10-15,17-18,25-27,29-30,32,40H,4,9,16,19-21H2,1-3H3,(H,37,41)/b10-6-/t25-,26+,27+,29-,30-,32+,36-/m0/s1. The van der Waals surface area contributed by atoms with E-state index in [0.29, 0.717) is 18.4 Å². The second-order valence-corrected chi connectivity index (χ2v) is 12.5. The molecule has 10 nitrogen and oxygen atoms in total. The van der Waals surface area contributed by atoms with E-state index in [1.165, 1.54) is 4.90 Å². The number of esters is 1. The van der Waals surface area contributed by atoms with E-state index in [0.717, 1.165) is 16.8 Å². The number of cyclic esters (lactones) is 1. The summed E-state index contributed by atoms with van der Waals surface area (Å²) < 4.78 is 12.6. The molecular weight excluding hydrogens is 586 g/mol. The summed E-state index contributed by atoms with van der Waals surface area (Å²) >= 11 is 0. The Morgan fingerprint density at radius 3 is 2.43 bits per heavy atom. The van der Waals surface area contributed by atoms with E-state index in [2.05, 4.69) is 5.32 Å². The van der Waals surface area contributed by atoms with Gasteiger partial charge in [0.1, 0.15) is 23.7 Å². The molecule has 5 bridgehead atoms. The molecule has 2 N–H and O–H groups in total. The molecule has 0 aliphatic carbocycles. The molecule has 2 fully saturated rings. The average Bonchev–Trinajstić information content (AvgIpc) is 3.70. The van der Waals surface area contributed by atoms with E-state index >= 15 is 4.79 Å². The molecule has 4 aliphatic rings. The Morgan fingerprint density at radius 2 is 1.74 bits per heavy atom.